The molecular weight excluding hydrogens is 308 g/mol. The molecule has 1 aliphatic heterocycles. The number of H-pyrrole nitrogens is 1. The van der Waals surface area contributed by atoms with E-state index < -0.39 is 0 Å². The Hall–Kier alpha value is -2.44. The van der Waals surface area contributed by atoms with E-state index in [2.05, 4.69) is 22.0 Å². The number of piperidine rings is 1. The van der Waals surface area contributed by atoms with Gasteiger partial charge in [-0.2, -0.15) is 4.98 Å². The van der Waals surface area contributed by atoms with Gasteiger partial charge in [0.15, 0.2) is 5.82 Å². The lowest BCUT2D eigenvalue weighted by Gasteiger charge is -2.30. The minimum Gasteiger partial charge on any atom is -0.342 e. The summed E-state index contributed by atoms with van der Waals surface area (Å²) in [4.78, 5) is 32.4. The fraction of sp³-hybridized carbons (Fsp3) is 0.529. The van der Waals surface area contributed by atoms with Crippen molar-refractivity contribution in [2.24, 2.45) is 11.8 Å². The second kappa shape index (κ2) is 5.89. The van der Waals surface area contributed by atoms with E-state index in [0.717, 1.165) is 32.4 Å². The van der Waals surface area contributed by atoms with E-state index in [1.54, 1.807) is 12.3 Å². The van der Waals surface area contributed by atoms with Crippen molar-refractivity contribution in [2.75, 3.05) is 13.1 Å². The number of hydrogen-bond donors (Lipinski definition) is 1. The summed E-state index contributed by atoms with van der Waals surface area (Å²) in [5.41, 5.74) is 0.532. The van der Waals surface area contributed by atoms with Gasteiger partial charge in [0.05, 0.1) is 5.56 Å². The third-order valence-electron chi connectivity index (χ3n) is 5.07. The van der Waals surface area contributed by atoms with E-state index in [4.69, 9.17) is 4.52 Å². The van der Waals surface area contributed by atoms with Gasteiger partial charge in [0.25, 0.3) is 5.89 Å². The number of likely N-dealkylation sites (tertiary alicyclic amines) is 1. The molecule has 24 heavy (non-hydrogen) atoms. The number of nitrogens with one attached hydrogen (secondary N) is 1. The zero-order valence-corrected chi connectivity index (χ0v) is 13.6. The maximum Gasteiger partial charge on any atom is 0.259 e. The lowest BCUT2D eigenvalue weighted by Crippen LogP contribution is -2.39. The summed E-state index contributed by atoms with van der Waals surface area (Å²) in [6, 6.07) is 3.09. The van der Waals surface area contributed by atoms with E-state index in [9.17, 15) is 9.59 Å². The average Bonchev–Trinajstić information content (AvgIpc) is 3.13. The predicted octanol–water partition coefficient (Wildman–Crippen LogP) is 1.79. The van der Waals surface area contributed by atoms with E-state index in [1.807, 2.05) is 4.90 Å². The number of pyridine rings is 1. The lowest BCUT2D eigenvalue weighted by molar-refractivity contribution is -0.133. The van der Waals surface area contributed by atoms with Crippen LogP contribution in [0, 0.1) is 11.8 Å². The first-order chi connectivity index (χ1) is 11.6. The Balaban J connectivity index is 1.40. The monoisotopic (exact) mass is 328 g/mol. The Morgan fingerprint density at radius 1 is 1.33 bits per heavy atom. The van der Waals surface area contributed by atoms with Gasteiger partial charge < -0.3 is 14.4 Å². The molecule has 7 heteroatoms. The van der Waals surface area contributed by atoms with Crippen molar-refractivity contribution < 1.29 is 9.32 Å². The highest BCUT2D eigenvalue weighted by Crippen LogP contribution is 2.40. The maximum atomic E-state index is 12.3. The standard InChI is InChI=1S/C17H20N4O3/c1-10-8-13(10)17(23)21-6-4-11(5-7-21)15-19-16(24-20-15)12-2-3-14(22)18-9-12/h2-3,9-11,13H,4-8H2,1H3,(H,18,22)/t10-,13+/m1/s1. The normalized spacial score (nSPS) is 24.1. The molecule has 7 nitrogen and oxygen atoms in total. The van der Waals surface area contributed by atoms with Gasteiger partial charge in [-0.25, -0.2) is 0 Å². The summed E-state index contributed by atoms with van der Waals surface area (Å²) >= 11 is 0. The van der Waals surface area contributed by atoms with Crippen LogP contribution in [0.2, 0.25) is 0 Å². The highest BCUT2D eigenvalue weighted by Gasteiger charge is 2.42. The van der Waals surface area contributed by atoms with Crippen LogP contribution in [0.3, 0.4) is 0 Å². The van der Waals surface area contributed by atoms with Crippen molar-refractivity contribution in [3.05, 3.63) is 34.5 Å². The van der Waals surface area contributed by atoms with Gasteiger partial charge in [-0.15, -0.1) is 0 Å². The average molecular weight is 328 g/mol. The van der Waals surface area contributed by atoms with Gasteiger partial charge in [-0.05, 0) is 31.2 Å². The summed E-state index contributed by atoms with van der Waals surface area (Å²) in [6.45, 7) is 3.65. The molecule has 4 rings (SSSR count). The summed E-state index contributed by atoms with van der Waals surface area (Å²) < 4.78 is 5.32. The Labute approximate surface area is 139 Å². The SMILES string of the molecule is C[C@@H]1C[C@@H]1C(=O)N1CCC(c2noc(-c3ccc(=O)[nH]c3)n2)CC1. The molecule has 2 fully saturated rings. The first-order valence-electron chi connectivity index (χ1n) is 8.43. The summed E-state index contributed by atoms with van der Waals surface area (Å²) in [6.07, 6.45) is 4.32. The Bertz CT molecular complexity index is 784. The number of amides is 1. The van der Waals surface area contributed by atoms with Crippen LogP contribution in [0.1, 0.15) is 37.9 Å². The van der Waals surface area contributed by atoms with Crippen LogP contribution in [0.25, 0.3) is 11.5 Å². The van der Waals surface area contributed by atoms with Crippen molar-refractivity contribution in [1.82, 2.24) is 20.0 Å². The molecule has 2 aromatic heterocycles. The highest BCUT2D eigenvalue weighted by atomic mass is 16.5. The van der Waals surface area contributed by atoms with Gasteiger partial charge in [-0.3, -0.25) is 9.59 Å². The molecule has 2 atom stereocenters. The summed E-state index contributed by atoms with van der Waals surface area (Å²) in [5, 5.41) is 4.09. The van der Waals surface area contributed by atoms with Crippen molar-refractivity contribution in [2.45, 2.75) is 32.1 Å². The zero-order valence-electron chi connectivity index (χ0n) is 13.6. The first kappa shape index (κ1) is 15.1. The fourth-order valence-corrected chi connectivity index (χ4v) is 3.32. The molecule has 0 aromatic carbocycles. The minimum atomic E-state index is -0.166. The van der Waals surface area contributed by atoms with E-state index in [1.165, 1.54) is 6.07 Å². The van der Waals surface area contributed by atoms with E-state index in [0.29, 0.717) is 29.1 Å². The van der Waals surface area contributed by atoms with Gasteiger partial charge in [0, 0.05) is 37.2 Å². The molecule has 1 saturated heterocycles. The molecule has 0 radical (unpaired) electrons. The molecule has 0 unspecified atom stereocenters. The van der Waals surface area contributed by atoms with Crippen LogP contribution in [0.5, 0.6) is 0 Å². The summed E-state index contributed by atoms with van der Waals surface area (Å²) in [7, 11) is 0. The highest BCUT2D eigenvalue weighted by molar-refractivity contribution is 5.81. The topological polar surface area (TPSA) is 92.1 Å². The van der Waals surface area contributed by atoms with Crippen LogP contribution < -0.4 is 5.56 Å². The van der Waals surface area contributed by atoms with Crippen molar-refractivity contribution in [1.29, 1.82) is 0 Å². The van der Waals surface area contributed by atoms with E-state index >= 15 is 0 Å². The Kier molecular flexibility index (Phi) is 3.70. The van der Waals surface area contributed by atoms with Crippen LogP contribution >= 0.6 is 0 Å². The van der Waals surface area contributed by atoms with Crippen LogP contribution in [0.4, 0.5) is 0 Å². The van der Waals surface area contributed by atoms with Gasteiger partial charge in [0.2, 0.25) is 11.5 Å². The number of rotatable bonds is 3. The molecule has 1 N–H and O–H groups in total. The molecule has 0 bridgehead atoms. The number of carbonyl (C=O) groups excluding carboxylic acids is 1. The number of nitrogens with zero attached hydrogens (tertiary/aromatic N) is 3. The molecule has 2 aromatic rings. The number of aromatic amines is 1. The number of hydrogen-bond acceptors (Lipinski definition) is 5. The molecule has 3 heterocycles. The Morgan fingerprint density at radius 2 is 2.08 bits per heavy atom. The molecule has 0 spiro atoms. The summed E-state index contributed by atoms with van der Waals surface area (Å²) in [5.74, 6) is 2.41. The van der Waals surface area contributed by atoms with Crippen LogP contribution in [-0.4, -0.2) is 39.0 Å². The number of carbonyl (C=O) groups is 1. The van der Waals surface area contributed by atoms with Crippen LogP contribution in [-0.2, 0) is 4.79 Å². The Morgan fingerprint density at radius 3 is 2.71 bits per heavy atom. The second-order valence-corrected chi connectivity index (χ2v) is 6.82. The zero-order chi connectivity index (χ0) is 16.7. The second-order valence-electron chi connectivity index (χ2n) is 6.82. The largest absolute Gasteiger partial charge is 0.342 e. The first-order valence-corrected chi connectivity index (χ1v) is 8.43. The molecule has 1 amide bonds. The predicted molar refractivity (Wildman–Crippen MR) is 86.2 cm³/mol. The van der Waals surface area contributed by atoms with Crippen molar-refractivity contribution >= 4 is 5.91 Å². The van der Waals surface area contributed by atoms with Gasteiger partial charge in [0.1, 0.15) is 0 Å². The quantitative estimate of drug-likeness (QED) is 0.927. The molecule has 1 aliphatic carbocycles. The molecule has 1 saturated carbocycles. The molecular formula is C17H20N4O3. The third kappa shape index (κ3) is 2.86. The van der Waals surface area contributed by atoms with Gasteiger partial charge >= 0.3 is 0 Å². The molecule has 126 valence electrons. The maximum absolute atomic E-state index is 12.3. The van der Waals surface area contributed by atoms with Crippen molar-refractivity contribution in [3.8, 4) is 11.5 Å². The molecule has 2 aliphatic rings. The van der Waals surface area contributed by atoms with Crippen LogP contribution in [0.15, 0.2) is 27.6 Å². The smallest absolute Gasteiger partial charge is 0.259 e. The fourth-order valence-electron chi connectivity index (χ4n) is 3.32. The third-order valence-corrected chi connectivity index (χ3v) is 5.07. The van der Waals surface area contributed by atoms with Gasteiger partial charge in [-0.1, -0.05) is 12.1 Å². The van der Waals surface area contributed by atoms with E-state index in [-0.39, 0.29) is 17.4 Å². The van der Waals surface area contributed by atoms with Crippen molar-refractivity contribution in [3.63, 3.8) is 0 Å². The number of aromatic nitrogens is 3. The minimum absolute atomic E-state index is 0.166. The lowest BCUT2D eigenvalue weighted by atomic mass is 9.96.